The van der Waals surface area contributed by atoms with E-state index in [4.69, 9.17) is 4.18 Å². The highest BCUT2D eigenvalue weighted by Gasteiger charge is 2.19. The van der Waals surface area contributed by atoms with E-state index in [0.717, 1.165) is 30.9 Å². The summed E-state index contributed by atoms with van der Waals surface area (Å²) >= 11 is 2.86. The Morgan fingerprint density at radius 2 is 1.78 bits per heavy atom. The number of carbonyl (C=O) groups is 1. The SMILES string of the molecule is Cc1ccc(S(=O)(=O)Oc2ccc3ccccc3c2/C=N\NC(=O)CSc2nc3ccccc3s2)cc1. The Labute approximate surface area is 222 Å². The molecule has 0 fully saturated rings. The molecule has 0 spiro atoms. The van der Waals surface area contributed by atoms with E-state index in [-0.39, 0.29) is 22.3 Å². The van der Waals surface area contributed by atoms with E-state index in [1.165, 1.54) is 41.4 Å². The molecule has 10 heteroatoms. The Bertz CT molecular complexity index is 1700. The molecular weight excluding hydrogens is 527 g/mol. The number of aryl methyl sites for hydroxylation is 1. The zero-order valence-corrected chi connectivity index (χ0v) is 22.1. The zero-order chi connectivity index (χ0) is 25.8. The first-order valence-corrected chi connectivity index (χ1v) is 14.4. The lowest BCUT2D eigenvalue weighted by Gasteiger charge is -2.12. The molecule has 186 valence electrons. The number of hydrogen-bond donors (Lipinski definition) is 1. The number of hydrazone groups is 1. The number of para-hydroxylation sites is 1. The van der Waals surface area contributed by atoms with E-state index in [1.54, 1.807) is 24.3 Å². The number of rotatable bonds is 8. The maximum atomic E-state index is 12.9. The average molecular weight is 548 g/mol. The van der Waals surface area contributed by atoms with E-state index in [2.05, 4.69) is 15.5 Å². The molecule has 4 aromatic carbocycles. The molecule has 0 radical (unpaired) electrons. The maximum Gasteiger partial charge on any atom is 0.339 e. The second kappa shape index (κ2) is 10.7. The fourth-order valence-electron chi connectivity index (χ4n) is 3.59. The van der Waals surface area contributed by atoms with Gasteiger partial charge < -0.3 is 4.18 Å². The fourth-order valence-corrected chi connectivity index (χ4v) is 6.40. The van der Waals surface area contributed by atoms with Gasteiger partial charge in [-0.05, 0) is 48.0 Å². The van der Waals surface area contributed by atoms with Gasteiger partial charge in [-0.25, -0.2) is 10.4 Å². The molecule has 0 aliphatic carbocycles. The van der Waals surface area contributed by atoms with Gasteiger partial charge in [-0.2, -0.15) is 13.5 Å². The minimum absolute atomic E-state index is 0.0503. The summed E-state index contributed by atoms with van der Waals surface area (Å²) in [5.74, 6) is -0.0608. The van der Waals surface area contributed by atoms with Gasteiger partial charge in [0.2, 0.25) is 0 Å². The van der Waals surface area contributed by atoms with Gasteiger partial charge in [0.05, 0.1) is 22.2 Å². The topological polar surface area (TPSA) is 97.7 Å². The normalized spacial score (nSPS) is 11.8. The number of carbonyl (C=O) groups excluding carboxylic acids is 1. The third-order valence-electron chi connectivity index (χ3n) is 5.42. The van der Waals surface area contributed by atoms with Crippen molar-refractivity contribution in [1.29, 1.82) is 0 Å². The minimum atomic E-state index is -4.07. The van der Waals surface area contributed by atoms with E-state index in [0.29, 0.717) is 5.56 Å². The van der Waals surface area contributed by atoms with Gasteiger partial charge in [0, 0.05) is 5.56 Å². The second-order valence-corrected chi connectivity index (χ2v) is 11.9. The number of nitrogens with one attached hydrogen (secondary N) is 1. The van der Waals surface area contributed by atoms with E-state index < -0.39 is 10.1 Å². The predicted molar refractivity (Wildman–Crippen MR) is 149 cm³/mol. The lowest BCUT2D eigenvalue weighted by molar-refractivity contribution is -0.118. The first kappa shape index (κ1) is 24.9. The highest BCUT2D eigenvalue weighted by atomic mass is 32.2. The van der Waals surface area contributed by atoms with E-state index in [1.807, 2.05) is 55.5 Å². The number of nitrogens with zero attached hydrogens (tertiary/aromatic N) is 2. The Kier molecular flexibility index (Phi) is 7.22. The molecule has 0 saturated carbocycles. The average Bonchev–Trinajstić information content (AvgIpc) is 3.32. The standard InChI is InChI=1S/C27H21N3O4S3/c1-18-10-13-20(14-11-18)37(32,33)34-24-15-12-19-6-2-3-7-21(19)22(24)16-28-30-26(31)17-35-27-29-23-8-4-5-9-25(23)36-27/h2-16H,17H2,1H3,(H,30,31)/b28-16-. The van der Waals surface area contributed by atoms with Gasteiger partial charge in [-0.3, -0.25) is 4.79 Å². The van der Waals surface area contributed by atoms with Crippen molar-refractivity contribution in [2.75, 3.05) is 5.75 Å². The molecule has 1 aromatic heterocycles. The third-order valence-corrected chi connectivity index (χ3v) is 8.85. The Balaban J connectivity index is 1.33. The van der Waals surface area contributed by atoms with Crippen LogP contribution in [0.3, 0.4) is 0 Å². The molecule has 7 nitrogen and oxygen atoms in total. The second-order valence-electron chi connectivity index (χ2n) is 8.08. The van der Waals surface area contributed by atoms with Crippen molar-refractivity contribution in [3.05, 3.63) is 96.1 Å². The van der Waals surface area contributed by atoms with Gasteiger partial charge in [0.25, 0.3) is 5.91 Å². The summed E-state index contributed by atoms with van der Waals surface area (Å²) in [4.78, 5) is 17.0. The van der Waals surface area contributed by atoms with Crippen molar-refractivity contribution in [1.82, 2.24) is 10.4 Å². The predicted octanol–water partition coefficient (Wildman–Crippen LogP) is 5.77. The number of benzene rings is 4. The summed E-state index contributed by atoms with van der Waals surface area (Å²) in [5, 5.41) is 5.71. The largest absolute Gasteiger partial charge is 0.378 e. The molecule has 0 aliphatic rings. The van der Waals surface area contributed by atoms with Crippen LogP contribution in [0.15, 0.2) is 99.3 Å². The number of hydrogen-bond acceptors (Lipinski definition) is 8. The molecule has 5 rings (SSSR count). The monoisotopic (exact) mass is 547 g/mol. The summed E-state index contributed by atoms with van der Waals surface area (Å²) in [6.45, 7) is 1.88. The molecule has 1 heterocycles. The zero-order valence-electron chi connectivity index (χ0n) is 19.6. The number of fused-ring (bicyclic) bond motifs is 2. The number of amides is 1. The summed E-state index contributed by atoms with van der Waals surface area (Å²) in [5.41, 5.74) is 4.79. The van der Waals surface area contributed by atoms with Crippen molar-refractivity contribution in [3.63, 3.8) is 0 Å². The first-order chi connectivity index (χ1) is 17.9. The summed E-state index contributed by atoms with van der Waals surface area (Å²) in [7, 11) is -4.07. The van der Waals surface area contributed by atoms with E-state index in [9.17, 15) is 13.2 Å². The van der Waals surface area contributed by atoms with Gasteiger partial charge in [0.15, 0.2) is 10.1 Å². The van der Waals surface area contributed by atoms with Crippen molar-refractivity contribution >= 4 is 66.3 Å². The molecule has 37 heavy (non-hydrogen) atoms. The van der Waals surface area contributed by atoms with Crippen LogP contribution in [-0.4, -0.2) is 31.3 Å². The number of aromatic nitrogens is 1. The Morgan fingerprint density at radius 3 is 2.59 bits per heavy atom. The van der Waals surface area contributed by atoms with Crippen molar-refractivity contribution in [2.24, 2.45) is 5.10 Å². The highest BCUT2D eigenvalue weighted by molar-refractivity contribution is 8.01. The smallest absolute Gasteiger partial charge is 0.339 e. The summed E-state index contributed by atoms with van der Waals surface area (Å²) in [6, 6.07) is 25.0. The molecule has 0 bridgehead atoms. The minimum Gasteiger partial charge on any atom is -0.378 e. The van der Waals surface area contributed by atoms with Crippen LogP contribution in [0.2, 0.25) is 0 Å². The first-order valence-electron chi connectivity index (χ1n) is 11.2. The van der Waals surface area contributed by atoms with Crippen LogP contribution >= 0.6 is 23.1 Å². The molecule has 0 aliphatic heterocycles. The van der Waals surface area contributed by atoms with Gasteiger partial charge in [-0.15, -0.1) is 11.3 Å². The maximum absolute atomic E-state index is 12.9. The lowest BCUT2D eigenvalue weighted by Crippen LogP contribution is -2.19. The summed E-state index contributed by atoms with van der Waals surface area (Å²) in [6.07, 6.45) is 1.41. The molecule has 1 N–H and O–H groups in total. The molecule has 0 atom stereocenters. The van der Waals surface area contributed by atoms with Crippen LogP contribution in [0, 0.1) is 6.92 Å². The Morgan fingerprint density at radius 1 is 1.03 bits per heavy atom. The van der Waals surface area contributed by atoms with Gasteiger partial charge in [-0.1, -0.05) is 71.9 Å². The van der Waals surface area contributed by atoms with Crippen LogP contribution in [0.4, 0.5) is 0 Å². The van der Waals surface area contributed by atoms with Crippen LogP contribution in [0.5, 0.6) is 5.75 Å². The molecule has 0 saturated heterocycles. The summed E-state index contributed by atoms with van der Waals surface area (Å²) < 4.78 is 33.2. The van der Waals surface area contributed by atoms with E-state index >= 15 is 0 Å². The van der Waals surface area contributed by atoms with Gasteiger partial charge in [0.1, 0.15) is 4.90 Å². The number of thioether (sulfide) groups is 1. The molecular formula is C27H21N3O4S3. The lowest BCUT2D eigenvalue weighted by atomic mass is 10.0. The van der Waals surface area contributed by atoms with Crippen LogP contribution in [-0.2, 0) is 14.9 Å². The quantitative estimate of drug-likeness (QED) is 0.115. The number of thiazole rings is 1. The fraction of sp³-hybridized carbons (Fsp3) is 0.0741. The van der Waals surface area contributed by atoms with Crippen LogP contribution in [0.1, 0.15) is 11.1 Å². The van der Waals surface area contributed by atoms with Gasteiger partial charge >= 0.3 is 10.1 Å². The molecule has 0 unspecified atom stereocenters. The van der Waals surface area contributed by atoms with Crippen molar-refractivity contribution in [2.45, 2.75) is 16.2 Å². The molecule has 5 aromatic rings. The van der Waals surface area contributed by atoms with Crippen LogP contribution < -0.4 is 9.61 Å². The van der Waals surface area contributed by atoms with Crippen LogP contribution in [0.25, 0.3) is 21.0 Å². The van der Waals surface area contributed by atoms with Crippen molar-refractivity contribution < 1.29 is 17.4 Å². The highest BCUT2D eigenvalue weighted by Crippen LogP contribution is 2.30. The Hall–Kier alpha value is -3.73. The third kappa shape index (κ3) is 5.82. The van der Waals surface area contributed by atoms with Crippen molar-refractivity contribution in [3.8, 4) is 5.75 Å². The molecule has 1 amide bonds.